The van der Waals surface area contributed by atoms with Crippen molar-refractivity contribution in [3.05, 3.63) is 76.8 Å². The Morgan fingerprint density at radius 2 is 1.62 bits per heavy atom. The van der Waals surface area contributed by atoms with E-state index >= 15 is 0 Å². The number of carbonyl (C=O) groups excluding carboxylic acids is 3. The molecule has 0 spiro atoms. The van der Waals surface area contributed by atoms with Gasteiger partial charge in [-0.25, -0.2) is 0 Å². The van der Waals surface area contributed by atoms with Crippen LogP contribution >= 0.6 is 11.5 Å². The van der Waals surface area contributed by atoms with Crippen LogP contribution < -0.4 is 21.7 Å². The number of nitrogen functional groups attached to an aromatic ring is 1. The molecule has 3 amide bonds. The molecule has 0 radical (unpaired) electrons. The summed E-state index contributed by atoms with van der Waals surface area (Å²) in [7, 11) is 0. The van der Waals surface area contributed by atoms with Gasteiger partial charge in [-0.3, -0.25) is 19.3 Å². The summed E-state index contributed by atoms with van der Waals surface area (Å²) in [6, 6.07) is 18.1. The number of nitrogens with two attached hydrogens (primary N) is 2. The lowest BCUT2D eigenvalue weighted by Gasteiger charge is -2.22. The predicted octanol–water partition coefficient (Wildman–Crippen LogP) is 1.79. The number of rotatable bonds is 7. The predicted molar refractivity (Wildman–Crippen MR) is 111 cm³/mol. The van der Waals surface area contributed by atoms with Crippen LogP contribution in [0.15, 0.2) is 60.7 Å². The summed E-state index contributed by atoms with van der Waals surface area (Å²) in [5.41, 5.74) is 12.3. The van der Waals surface area contributed by atoms with Gasteiger partial charge in [-0.1, -0.05) is 48.5 Å². The smallest absolute Gasteiger partial charge is 0.272 e. The second-order valence-corrected chi connectivity index (χ2v) is 6.90. The highest BCUT2D eigenvalue weighted by molar-refractivity contribution is 7.09. The standard InChI is InChI=1S/C20H19N5O3S/c21-16-17(19(22)27)24-29-18(16)20(28)25(14-9-5-2-6-10-14)12-15(26)23-11-13-7-3-1-4-8-13/h1-10H,11-12,21H2,(H2,22,27)(H,23,26). The zero-order chi connectivity index (χ0) is 20.8. The van der Waals surface area contributed by atoms with Gasteiger partial charge < -0.3 is 16.8 Å². The van der Waals surface area contributed by atoms with Crippen molar-refractivity contribution in [2.45, 2.75) is 6.54 Å². The van der Waals surface area contributed by atoms with Crippen molar-refractivity contribution in [2.75, 3.05) is 17.2 Å². The molecule has 0 bridgehead atoms. The van der Waals surface area contributed by atoms with Gasteiger partial charge in [-0.15, -0.1) is 0 Å². The first-order valence-electron chi connectivity index (χ1n) is 8.70. The molecular formula is C20H19N5O3S. The molecule has 0 fully saturated rings. The van der Waals surface area contributed by atoms with Crippen molar-refractivity contribution < 1.29 is 14.4 Å². The van der Waals surface area contributed by atoms with Gasteiger partial charge in [-0.05, 0) is 29.2 Å². The molecule has 29 heavy (non-hydrogen) atoms. The Kier molecular flexibility index (Phi) is 6.20. The Balaban J connectivity index is 1.81. The van der Waals surface area contributed by atoms with Gasteiger partial charge in [0.1, 0.15) is 11.4 Å². The van der Waals surface area contributed by atoms with Gasteiger partial charge in [0, 0.05) is 12.2 Å². The second kappa shape index (κ2) is 8.98. The maximum absolute atomic E-state index is 13.1. The van der Waals surface area contributed by atoms with Gasteiger partial charge in [0.05, 0.1) is 5.69 Å². The first-order chi connectivity index (χ1) is 14.0. The molecule has 0 aliphatic rings. The number of nitrogens with zero attached hydrogens (tertiary/aromatic N) is 2. The molecule has 0 unspecified atom stereocenters. The number of nitrogens with one attached hydrogen (secondary N) is 1. The van der Waals surface area contributed by atoms with Gasteiger partial charge >= 0.3 is 0 Å². The summed E-state index contributed by atoms with van der Waals surface area (Å²) in [5.74, 6) is -1.69. The quantitative estimate of drug-likeness (QED) is 0.547. The normalized spacial score (nSPS) is 10.3. The number of carbonyl (C=O) groups is 3. The summed E-state index contributed by atoms with van der Waals surface area (Å²) in [5, 5.41) is 2.79. The Labute approximate surface area is 171 Å². The zero-order valence-electron chi connectivity index (χ0n) is 15.4. The van der Waals surface area contributed by atoms with E-state index < -0.39 is 11.8 Å². The third-order valence-electron chi connectivity index (χ3n) is 4.10. The molecule has 0 atom stereocenters. The molecule has 1 heterocycles. The second-order valence-electron chi connectivity index (χ2n) is 6.13. The lowest BCUT2D eigenvalue weighted by atomic mass is 10.2. The maximum atomic E-state index is 13.1. The van der Waals surface area contributed by atoms with Crippen LogP contribution in [0.3, 0.4) is 0 Å². The molecule has 9 heteroatoms. The number of anilines is 2. The molecule has 148 valence electrons. The molecule has 1 aromatic heterocycles. The van der Waals surface area contributed by atoms with Crippen LogP contribution in [0.5, 0.6) is 0 Å². The summed E-state index contributed by atoms with van der Waals surface area (Å²) in [6.45, 7) is 0.115. The van der Waals surface area contributed by atoms with E-state index in [1.54, 1.807) is 30.3 Å². The third-order valence-corrected chi connectivity index (χ3v) is 4.95. The van der Waals surface area contributed by atoms with Gasteiger partial charge in [-0.2, -0.15) is 4.37 Å². The van der Waals surface area contributed by atoms with Crippen molar-refractivity contribution in [3.8, 4) is 0 Å². The fraction of sp³-hybridized carbons (Fsp3) is 0.100. The number of hydrogen-bond donors (Lipinski definition) is 3. The van der Waals surface area contributed by atoms with Crippen molar-refractivity contribution in [3.63, 3.8) is 0 Å². The van der Waals surface area contributed by atoms with E-state index in [9.17, 15) is 14.4 Å². The van der Waals surface area contributed by atoms with Crippen LogP contribution in [0.4, 0.5) is 11.4 Å². The van der Waals surface area contributed by atoms with E-state index in [1.807, 2.05) is 30.3 Å². The number of para-hydroxylation sites is 1. The molecule has 3 rings (SSSR count). The summed E-state index contributed by atoms with van der Waals surface area (Å²) >= 11 is 0.774. The Hall–Kier alpha value is -3.72. The molecule has 0 saturated heterocycles. The van der Waals surface area contributed by atoms with Gasteiger partial charge in [0.2, 0.25) is 5.91 Å². The molecule has 2 aromatic carbocycles. The molecule has 5 N–H and O–H groups in total. The minimum atomic E-state index is -0.815. The van der Waals surface area contributed by atoms with Crippen molar-refractivity contribution in [1.29, 1.82) is 0 Å². The van der Waals surface area contributed by atoms with Crippen molar-refractivity contribution in [2.24, 2.45) is 5.73 Å². The largest absolute Gasteiger partial charge is 0.395 e. The topological polar surface area (TPSA) is 131 Å². The van der Waals surface area contributed by atoms with Crippen molar-refractivity contribution >= 4 is 40.6 Å². The minimum absolute atomic E-state index is 0.0542. The molecule has 3 aromatic rings. The van der Waals surface area contributed by atoms with Crippen LogP contribution in [0, 0.1) is 0 Å². The van der Waals surface area contributed by atoms with E-state index in [2.05, 4.69) is 9.69 Å². The fourth-order valence-corrected chi connectivity index (χ4v) is 3.39. The van der Waals surface area contributed by atoms with E-state index in [-0.39, 0.29) is 28.7 Å². The molecule has 0 saturated carbocycles. The summed E-state index contributed by atoms with van der Waals surface area (Å²) < 4.78 is 3.86. The fourth-order valence-electron chi connectivity index (χ4n) is 2.64. The van der Waals surface area contributed by atoms with Crippen LogP contribution in [0.2, 0.25) is 0 Å². The van der Waals surface area contributed by atoms with E-state index in [0.717, 1.165) is 17.1 Å². The van der Waals surface area contributed by atoms with Crippen LogP contribution in [-0.4, -0.2) is 28.6 Å². The molecular weight excluding hydrogens is 390 g/mol. The van der Waals surface area contributed by atoms with Gasteiger partial charge in [0.25, 0.3) is 11.8 Å². The monoisotopic (exact) mass is 409 g/mol. The van der Waals surface area contributed by atoms with Crippen LogP contribution in [0.1, 0.15) is 25.7 Å². The molecule has 0 aliphatic carbocycles. The Morgan fingerprint density at radius 3 is 2.21 bits per heavy atom. The Morgan fingerprint density at radius 1 is 1.00 bits per heavy atom. The zero-order valence-corrected chi connectivity index (χ0v) is 16.2. The van der Waals surface area contributed by atoms with E-state index in [1.165, 1.54) is 4.90 Å². The van der Waals surface area contributed by atoms with E-state index in [0.29, 0.717) is 12.2 Å². The third kappa shape index (κ3) is 4.77. The molecule has 0 aliphatic heterocycles. The minimum Gasteiger partial charge on any atom is -0.395 e. The molecule has 8 nitrogen and oxygen atoms in total. The average Bonchev–Trinajstić information content (AvgIpc) is 3.13. The average molecular weight is 409 g/mol. The number of hydrogen-bond acceptors (Lipinski definition) is 6. The number of aromatic nitrogens is 1. The number of primary amides is 1. The Bertz CT molecular complexity index is 1020. The van der Waals surface area contributed by atoms with E-state index in [4.69, 9.17) is 11.5 Å². The highest BCUT2D eigenvalue weighted by atomic mass is 32.1. The first-order valence-corrected chi connectivity index (χ1v) is 9.47. The van der Waals surface area contributed by atoms with Crippen LogP contribution in [-0.2, 0) is 11.3 Å². The number of amides is 3. The maximum Gasteiger partial charge on any atom is 0.272 e. The lowest BCUT2D eigenvalue weighted by Crippen LogP contribution is -2.40. The number of benzene rings is 2. The highest BCUT2D eigenvalue weighted by Gasteiger charge is 2.27. The van der Waals surface area contributed by atoms with Crippen molar-refractivity contribution in [1.82, 2.24) is 9.69 Å². The highest BCUT2D eigenvalue weighted by Crippen LogP contribution is 2.25. The van der Waals surface area contributed by atoms with Crippen LogP contribution in [0.25, 0.3) is 0 Å². The van der Waals surface area contributed by atoms with Gasteiger partial charge in [0.15, 0.2) is 5.69 Å². The summed E-state index contributed by atoms with van der Waals surface area (Å²) in [6.07, 6.45) is 0. The first kappa shape index (κ1) is 20.0. The lowest BCUT2D eigenvalue weighted by molar-refractivity contribution is -0.119. The summed E-state index contributed by atoms with van der Waals surface area (Å²) in [4.78, 5) is 38.3. The SMILES string of the molecule is NC(=O)c1nsc(C(=O)N(CC(=O)NCc2ccccc2)c2ccccc2)c1N.